The average molecular weight is 549 g/mol. The van der Waals surface area contributed by atoms with E-state index in [1.165, 1.54) is 54.6 Å². The number of ketones is 1. The van der Waals surface area contributed by atoms with Gasteiger partial charge in [-0.05, 0) is 79.1 Å². The molecule has 6 nitrogen and oxygen atoms in total. The molecule has 0 saturated carbocycles. The van der Waals surface area contributed by atoms with E-state index in [0.717, 1.165) is 0 Å². The molecule has 4 aromatic carbocycles. The first-order valence-corrected chi connectivity index (χ1v) is 13.7. The van der Waals surface area contributed by atoms with Crippen LogP contribution in [-0.4, -0.2) is 26.7 Å². The van der Waals surface area contributed by atoms with Crippen LogP contribution in [0.15, 0.2) is 95.9 Å². The smallest absolute Gasteiger partial charge is 0.261 e. The minimum Gasteiger partial charge on any atom is -0.308 e. The molecule has 1 amide bonds. The first-order chi connectivity index (χ1) is 18.2. The molecule has 9 heteroatoms. The van der Waals surface area contributed by atoms with E-state index in [0.29, 0.717) is 46.8 Å². The van der Waals surface area contributed by atoms with Gasteiger partial charge in [-0.25, -0.2) is 12.8 Å². The minimum absolute atomic E-state index is 0.000362. The fourth-order valence-electron chi connectivity index (χ4n) is 4.44. The van der Waals surface area contributed by atoms with Crippen LogP contribution in [0, 0.1) is 5.82 Å². The molecule has 0 unspecified atom stereocenters. The van der Waals surface area contributed by atoms with Gasteiger partial charge in [0, 0.05) is 33.9 Å². The van der Waals surface area contributed by atoms with Gasteiger partial charge in [0.25, 0.3) is 15.9 Å². The summed E-state index contributed by atoms with van der Waals surface area (Å²) < 4.78 is 42.6. The molecule has 0 spiro atoms. The van der Waals surface area contributed by atoms with E-state index in [1.807, 2.05) is 0 Å². The molecule has 0 atom stereocenters. The topological polar surface area (TPSA) is 83.6 Å². The fourth-order valence-corrected chi connectivity index (χ4v) is 5.74. The Labute approximate surface area is 224 Å². The predicted octanol–water partition coefficient (Wildman–Crippen LogP) is 6.10. The van der Waals surface area contributed by atoms with Crippen LogP contribution in [0.4, 0.5) is 15.8 Å². The SMILES string of the molecule is O=C(c1ccccc1)c1cc(Cl)ccc1NS(=O)(=O)c1ccc2c(c1)CCCN2C(=O)c1ccc(F)cc1. The summed E-state index contributed by atoms with van der Waals surface area (Å²) in [4.78, 5) is 27.8. The van der Waals surface area contributed by atoms with E-state index in [-0.39, 0.29) is 27.8 Å². The Morgan fingerprint density at radius 2 is 1.61 bits per heavy atom. The van der Waals surface area contributed by atoms with E-state index in [4.69, 9.17) is 11.6 Å². The zero-order valence-electron chi connectivity index (χ0n) is 20.0. The van der Waals surface area contributed by atoms with Gasteiger partial charge in [-0.3, -0.25) is 14.3 Å². The monoisotopic (exact) mass is 548 g/mol. The number of carbonyl (C=O) groups excluding carboxylic acids is 2. The highest BCUT2D eigenvalue weighted by Crippen LogP contribution is 2.32. The van der Waals surface area contributed by atoms with Gasteiger partial charge in [-0.1, -0.05) is 41.9 Å². The lowest BCUT2D eigenvalue weighted by Gasteiger charge is -2.30. The van der Waals surface area contributed by atoms with E-state index in [9.17, 15) is 22.4 Å². The van der Waals surface area contributed by atoms with Crippen molar-refractivity contribution < 1.29 is 22.4 Å². The van der Waals surface area contributed by atoms with Gasteiger partial charge in [0.05, 0.1) is 10.6 Å². The lowest BCUT2D eigenvalue weighted by Crippen LogP contribution is -2.35. The molecule has 4 aromatic rings. The lowest BCUT2D eigenvalue weighted by atomic mass is 10.0. The Bertz CT molecular complexity index is 1640. The summed E-state index contributed by atoms with van der Waals surface area (Å²) in [6.45, 7) is 0.462. The summed E-state index contributed by atoms with van der Waals surface area (Å²) in [5.41, 5.74) is 2.28. The van der Waals surface area contributed by atoms with E-state index in [1.54, 1.807) is 41.3 Å². The number of rotatable bonds is 6. The number of amides is 1. The Balaban J connectivity index is 1.45. The van der Waals surface area contributed by atoms with Crippen molar-refractivity contribution in [2.75, 3.05) is 16.2 Å². The van der Waals surface area contributed by atoms with Gasteiger partial charge in [0.2, 0.25) is 0 Å². The Morgan fingerprint density at radius 3 is 2.34 bits per heavy atom. The second-order valence-corrected chi connectivity index (χ2v) is 11.0. The van der Waals surface area contributed by atoms with Crippen LogP contribution in [-0.2, 0) is 16.4 Å². The number of nitrogens with one attached hydrogen (secondary N) is 1. The Morgan fingerprint density at radius 1 is 0.868 bits per heavy atom. The highest BCUT2D eigenvalue weighted by Gasteiger charge is 2.26. The first-order valence-electron chi connectivity index (χ1n) is 11.9. The molecule has 192 valence electrons. The zero-order valence-corrected chi connectivity index (χ0v) is 21.6. The molecule has 0 aromatic heterocycles. The number of anilines is 2. The van der Waals surface area contributed by atoms with Gasteiger partial charge in [0.15, 0.2) is 5.78 Å². The summed E-state index contributed by atoms with van der Waals surface area (Å²) in [5, 5.41) is 0.298. The number of halogens is 2. The van der Waals surface area contributed by atoms with Crippen molar-refractivity contribution in [3.63, 3.8) is 0 Å². The average Bonchev–Trinajstić information content (AvgIpc) is 2.93. The van der Waals surface area contributed by atoms with Crippen LogP contribution >= 0.6 is 11.6 Å². The molecule has 0 radical (unpaired) electrons. The summed E-state index contributed by atoms with van der Waals surface area (Å²) in [6, 6.07) is 22.8. The van der Waals surface area contributed by atoms with E-state index in [2.05, 4.69) is 4.72 Å². The summed E-state index contributed by atoms with van der Waals surface area (Å²) in [7, 11) is -4.08. The zero-order chi connectivity index (χ0) is 26.9. The summed E-state index contributed by atoms with van der Waals surface area (Å²) in [5.74, 6) is -1.09. The van der Waals surface area contributed by atoms with Gasteiger partial charge >= 0.3 is 0 Å². The van der Waals surface area contributed by atoms with Crippen LogP contribution in [0.25, 0.3) is 0 Å². The molecule has 1 N–H and O–H groups in total. The third-order valence-electron chi connectivity index (χ3n) is 6.32. The van der Waals surface area contributed by atoms with Gasteiger partial charge in [-0.15, -0.1) is 0 Å². The number of hydrogen-bond acceptors (Lipinski definition) is 4. The van der Waals surface area contributed by atoms with Crippen LogP contribution in [0.5, 0.6) is 0 Å². The predicted molar refractivity (Wildman–Crippen MR) is 145 cm³/mol. The molecule has 0 saturated heterocycles. The molecule has 38 heavy (non-hydrogen) atoms. The first kappa shape index (κ1) is 25.6. The second-order valence-electron chi connectivity index (χ2n) is 8.85. The largest absolute Gasteiger partial charge is 0.308 e. The van der Waals surface area contributed by atoms with Gasteiger partial charge in [0.1, 0.15) is 5.82 Å². The normalized spacial score (nSPS) is 13.1. The number of sulfonamides is 1. The van der Waals surface area contributed by atoms with Crippen molar-refractivity contribution >= 4 is 44.7 Å². The van der Waals surface area contributed by atoms with Crippen molar-refractivity contribution in [1.29, 1.82) is 0 Å². The summed E-state index contributed by atoms with van der Waals surface area (Å²) >= 11 is 6.13. The number of aryl methyl sites for hydroxylation is 1. The highest BCUT2D eigenvalue weighted by atomic mass is 35.5. The maximum Gasteiger partial charge on any atom is 0.261 e. The molecule has 0 aliphatic carbocycles. The summed E-state index contributed by atoms with van der Waals surface area (Å²) in [6.07, 6.45) is 1.23. The number of benzene rings is 4. The van der Waals surface area contributed by atoms with Crippen molar-refractivity contribution in [1.82, 2.24) is 0 Å². The number of carbonyl (C=O) groups is 2. The second kappa shape index (κ2) is 10.4. The van der Waals surface area contributed by atoms with Crippen LogP contribution in [0.3, 0.4) is 0 Å². The molecule has 1 heterocycles. The van der Waals surface area contributed by atoms with Crippen LogP contribution < -0.4 is 9.62 Å². The van der Waals surface area contributed by atoms with Crippen molar-refractivity contribution in [2.45, 2.75) is 17.7 Å². The molecule has 5 rings (SSSR count). The third-order valence-corrected chi connectivity index (χ3v) is 7.92. The molecular weight excluding hydrogens is 527 g/mol. The maximum atomic E-state index is 13.4. The lowest BCUT2D eigenvalue weighted by molar-refractivity contribution is 0.0984. The number of hydrogen-bond donors (Lipinski definition) is 1. The number of fused-ring (bicyclic) bond motifs is 1. The van der Waals surface area contributed by atoms with Crippen molar-refractivity contribution in [3.05, 3.63) is 124 Å². The third kappa shape index (κ3) is 5.18. The minimum atomic E-state index is -4.08. The van der Waals surface area contributed by atoms with E-state index >= 15 is 0 Å². The Hall–Kier alpha value is -4.01. The molecule has 1 aliphatic heterocycles. The van der Waals surface area contributed by atoms with Crippen molar-refractivity contribution in [3.8, 4) is 0 Å². The maximum absolute atomic E-state index is 13.4. The van der Waals surface area contributed by atoms with Crippen molar-refractivity contribution in [2.24, 2.45) is 0 Å². The molecule has 1 aliphatic rings. The molecular formula is C29H22ClFN2O4S. The quantitative estimate of drug-likeness (QED) is 0.295. The van der Waals surface area contributed by atoms with Crippen LogP contribution in [0.1, 0.15) is 38.3 Å². The standard InChI is InChI=1S/C29H22ClFN2O4S/c30-22-10-14-26(25(18-22)28(34)19-5-2-1-3-6-19)32-38(36,37)24-13-15-27-21(17-24)7-4-16-33(27)29(35)20-8-11-23(31)12-9-20/h1-3,5-6,8-15,17-18,32H,4,7,16H2. The fraction of sp³-hybridized carbons (Fsp3) is 0.103. The Kier molecular flexibility index (Phi) is 7.01. The molecule has 0 fully saturated rings. The van der Waals surface area contributed by atoms with Gasteiger partial charge in [-0.2, -0.15) is 0 Å². The van der Waals surface area contributed by atoms with Gasteiger partial charge < -0.3 is 4.90 Å². The molecule has 0 bridgehead atoms. The van der Waals surface area contributed by atoms with E-state index < -0.39 is 15.8 Å². The van der Waals surface area contributed by atoms with Crippen LogP contribution in [0.2, 0.25) is 5.02 Å². The number of nitrogens with zero attached hydrogens (tertiary/aromatic N) is 1. The highest BCUT2D eigenvalue weighted by molar-refractivity contribution is 7.92.